The standard InChI is InChI=1S/C18H16Cl2N2S/c1-3-18(2)21-16(12-4-8-14(19)9-5-12)23-17(22-18)13-6-10-15(20)11-7-13/h4-11H,3H2,1-2H3. The van der Waals surface area contributed by atoms with E-state index in [0.717, 1.165) is 37.7 Å². The maximum atomic E-state index is 5.99. The molecule has 0 amide bonds. The molecule has 2 aromatic rings. The number of hydrogen-bond acceptors (Lipinski definition) is 3. The quantitative estimate of drug-likeness (QED) is 0.651. The molecular weight excluding hydrogens is 347 g/mol. The number of halogens is 2. The summed E-state index contributed by atoms with van der Waals surface area (Å²) in [6.07, 6.45) is 0.835. The maximum absolute atomic E-state index is 5.99. The molecule has 0 fully saturated rings. The van der Waals surface area contributed by atoms with Gasteiger partial charge in [0.1, 0.15) is 15.8 Å². The van der Waals surface area contributed by atoms with Crippen LogP contribution in [0.4, 0.5) is 0 Å². The van der Waals surface area contributed by atoms with Gasteiger partial charge in [-0.15, -0.1) is 0 Å². The van der Waals surface area contributed by atoms with Crippen LogP contribution in [0.15, 0.2) is 58.5 Å². The highest BCUT2D eigenvalue weighted by Crippen LogP contribution is 2.33. The number of benzene rings is 2. The first-order valence-corrected chi connectivity index (χ1v) is 8.96. The van der Waals surface area contributed by atoms with E-state index in [1.165, 1.54) is 0 Å². The van der Waals surface area contributed by atoms with Gasteiger partial charge in [0, 0.05) is 21.2 Å². The van der Waals surface area contributed by atoms with Gasteiger partial charge in [0.2, 0.25) is 0 Å². The van der Waals surface area contributed by atoms with Crippen molar-refractivity contribution in [3.8, 4) is 0 Å². The smallest absolute Gasteiger partial charge is 0.149 e. The molecule has 0 atom stereocenters. The Hall–Kier alpha value is -1.29. The Labute approximate surface area is 150 Å². The molecule has 23 heavy (non-hydrogen) atoms. The van der Waals surface area contributed by atoms with Crippen molar-refractivity contribution in [1.82, 2.24) is 0 Å². The molecule has 0 radical (unpaired) electrons. The van der Waals surface area contributed by atoms with Gasteiger partial charge in [-0.05, 0) is 49.4 Å². The van der Waals surface area contributed by atoms with Gasteiger partial charge in [-0.1, -0.05) is 54.4 Å². The van der Waals surface area contributed by atoms with Crippen molar-refractivity contribution in [2.24, 2.45) is 9.98 Å². The van der Waals surface area contributed by atoms with Crippen LogP contribution in [-0.2, 0) is 0 Å². The van der Waals surface area contributed by atoms with Crippen LogP contribution in [-0.4, -0.2) is 15.8 Å². The third-order valence-electron chi connectivity index (χ3n) is 3.73. The lowest BCUT2D eigenvalue weighted by molar-refractivity contribution is 0.482. The van der Waals surface area contributed by atoms with Crippen LogP contribution < -0.4 is 0 Å². The topological polar surface area (TPSA) is 24.7 Å². The largest absolute Gasteiger partial charge is 0.248 e. The maximum Gasteiger partial charge on any atom is 0.149 e. The number of thioether (sulfide) groups is 1. The van der Waals surface area contributed by atoms with Crippen molar-refractivity contribution in [1.29, 1.82) is 0 Å². The highest BCUT2D eigenvalue weighted by molar-refractivity contribution is 8.27. The Kier molecular flexibility index (Phi) is 4.81. The van der Waals surface area contributed by atoms with Crippen molar-refractivity contribution >= 4 is 45.1 Å². The van der Waals surface area contributed by atoms with Gasteiger partial charge < -0.3 is 0 Å². The van der Waals surface area contributed by atoms with Crippen LogP contribution in [0.2, 0.25) is 10.0 Å². The zero-order valence-electron chi connectivity index (χ0n) is 12.9. The summed E-state index contributed by atoms with van der Waals surface area (Å²) in [6, 6.07) is 15.5. The minimum atomic E-state index is -0.449. The lowest BCUT2D eigenvalue weighted by atomic mass is 10.1. The van der Waals surface area contributed by atoms with Gasteiger partial charge in [0.05, 0.1) is 0 Å². The number of nitrogens with zero attached hydrogens (tertiary/aromatic N) is 2. The van der Waals surface area contributed by atoms with Gasteiger partial charge in [0.25, 0.3) is 0 Å². The van der Waals surface area contributed by atoms with E-state index in [-0.39, 0.29) is 0 Å². The second-order valence-electron chi connectivity index (χ2n) is 5.52. The Morgan fingerprint density at radius 3 is 1.57 bits per heavy atom. The van der Waals surface area contributed by atoms with Crippen molar-refractivity contribution in [3.05, 3.63) is 69.7 Å². The SMILES string of the molecule is CCC1(C)N=C(c2ccc(Cl)cc2)SC(c2ccc(Cl)cc2)=N1. The van der Waals surface area contributed by atoms with Crippen molar-refractivity contribution < 1.29 is 0 Å². The Morgan fingerprint density at radius 2 is 1.22 bits per heavy atom. The van der Waals surface area contributed by atoms with Gasteiger partial charge in [0.15, 0.2) is 0 Å². The van der Waals surface area contributed by atoms with Crippen LogP contribution >= 0.6 is 35.0 Å². The van der Waals surface area contributed by atoms with E-state index in [1.807, 2.05) is 48.5 Å². The zero-order chi connectivity index (χ0) is 16.4. The molecule has 1 aliphatic heterocycles. The fourth-order valence-corrected chi connectivity index (χ4v) is 3.62. The van der Waals surface area contributed by atoms with Crippen molar-refractivity contribution in [3.63, 3.8) is 0 Å². The molecule has 0 spiro atoms. The normalized spacial score (nSPS) is 16.7. The number of hydrogen-bond donors (Lipinski definition) is 0. The Balaban J connectivity index is 2.00. The van der Waals surface area contributed by atoms with E-state index in [4.69, 9.17) is 33.2 Å². The first kappa shape index (κ1) is 16.6. The average Bonchev–Trinajstić information content (AvgIpc) is 2.56. The molecular formula is C18H16Cl2N2S. The first-order valence-electron chi connectivity index (χ1n) is 7.38. The van der Waals surface area contributed by atoms with Crippen LogP contribution in [0.25, 0.3) is 0 Å². The fourth-order valence-electron chi connectivity index (χ4n) is 2.19. The minimum Gasteiger partial charge on any atom is -0.248 e. The van der Waals surface area contributed by atoms with E-state index >= 15 is 0 Å². The molecule has 0 unspecified atom stereocenters. The summed E-state index contributed by atoms with van der Waals surface area (Å²) in [5, 5.41) is 3.37. The monoisotopic (exact) mass is 362 g/mol. The Bertz CT molecular complexity index is 703. The summed E-state index contributed by atoms with van der Waals surface area (Å²) in [6.45, 7) is 4.15. The molecule has 0 aromatic heterocycles. The predicted molar refractivity (Wildman–Crippen MR) is 102 cm³/mol. The summed E-state index contributed by atoms with van der Waals surface area (Å²) >= 11 is 13.6. The van der Waals surface area contributed by atoms with E-state index in [0.29, 0.717) is 0 Å². The molecule has 3 rings (SSSR count). The summed E-state index contributed by atoms with van der Waals surface area (Å²) in [5.41, 5.74) is 1.66. The van der Waals surface area contributed by atoms with Crippen LogP contribution in [0.1, 0.15) is 31.4 Å². The highest BCUT2D eigenvalue weighted by atomic mass is 35.5. The predicted octanol–water partition coefficient (Wildman–Crippen LogP) is 6.06. The minimum absolute atomic E-state index is 0.449. The van der Waals surface area contributed by atoms with E-state index in [9.17, 15) is 0 Å². The average molecular weight is 363 g/mol. The summed E-state index contributed by atoms with van der Waals surface area (Å²) in [5.74, 6) is 0. The third-order valence-corrected chi connectivity index (χ3v) is 5.27. The lowest BCUT2D eigenvalue weighted by Crippen LogP contribution is -2.26. The molecule has 0 saturated heterocycles. The van der Waals surface area contributed by atoms with Crippen LogP contribution in [0.5, 0.6) is 0 Å². The summed E-state index contributed by atoms with van der Waals surface area (Å²) < 4.78 is 0. The second kappa shape index (κ2) is 6.68. The molecule has 118 valence electrons. The van der Waals surface area contributed by atoms with E-state index in [1.54, 1.807) is 11.8 Å². The molecule has 0 saturated carbocycles. The van der Waals surface area contributed by atoms with E-state index in [2.05, 4.69) is 13.8 Å². The van der Waals surface area contributed by atoms with Crippen LogP contribution in [0.3, 0.4) is 0 Å². The fraction of sp³-hybridized carbons (Fsp3) is 0.222. The molecule has 2 nitrogen and oxygen atoms in total. The van der Waals surface area contributed by atoms with Gasteiger partial charge in [-0.25, -0.2) is 9.98 Å². The van der Waals surface area contributed by atoms with Gasteiger partial charge in [-0.2, -0.15) is 0 Å². The number of aliphatic imine (C=N–C) groups is 2. The Morgan fingerprint density at radius 1 is 0.826 bits per heavy atom. The zero-order valence-corrected chi connectivity index (χ0v) is 15.2. The first-order chi connectivity index (χ1) is 11.0. The molecule has 0 aliphatic carbocycles. The summed E-state index contributed by atoms with van der Waals surface area (Å²) in [4.78, 5) is 9.70. The van der Waals surface area contributed by atoms with Crippen molar-refractivity contribution in [2.45, 2.75) is 25.9 Å². The van der Waals surface area contributed by atoms with E-state index < -0.39 is 5.66 Å². The molecule has 1 aliphatic rings. The highest BCUT2D eigenvalue weighted by Gasteiger charge is 2.28. The molecule has 1 heterocycles. The van der Waals surface area contributed by atoms with Gasteiger partial charge in [-0.3, -0.25) is 0 Å². The third kappa shape index (κ3) is 3.79. The molecule has 2 aromatic carbocycles. The molecule has 0 bridgehead atoms. The lowest BCUT2D eigenvalue weighted by Gasteiger charge is -2.27. The molecule has 5 heteroatoms. The van der Waals surface area contributed by atoms with Gasteiger partial charge >= 0.3 is 0 Å². The second-order valence-corrected chi connectivity index (χ2v) is 7.37. The van der Waals surface area contributed by atoms with Crippen LogP contribution in [0, 0.1) is 0 Å². The number of rotatable bonds is 3. The van der Waals surface area contributed by atoms with Crippen molar-refractivity contribution in [2.75, 3.05) is 0 Å². The molecule has 0 N–H and O–H groups in total. The summed E-state index contributed by atoms with van der Waals surface area (Å²) in [7, 11) is 0.